The highest BCUT2D eigenvalue weighted by molar-refractivity contribution is 6.00. The third kappa shape index (κ3) is 7.19. The lowest BCUT2D eigenvalue weighted by Gasteiger charge is -2.48. The number of hydrogen-bond acceptors (Lipinski definition) is 5. The maximum Gasteiger partial charge on any atom is 0.207 e. The SMILES string of the molecule is C=C(/N=C(\C1=C(C)CC/C(=C/c2cc(O)cc3ccccc23)CC1)N1CC2CC(=C)[C@@H](OC)C(C1)N2)OC[C@@H]1CCCC/C1=C/C. The summed E-state index contributed by atoms with van der Waals surface area (Å²) in [6.45, 7) is 15.4. The van der Waals surface area contributed by atoms with E-state index in [4.69, 9.17) is 14.5 Å². The molecule has 2 heterocycles. The van der Waals surface area contributed by atoms with E-state index in [-0.39, 0.29) is 12.1 Å². The van der Waals surface area contributed by atoms with Gasteiger partial charge in [0.1, 0.15) is 11.6 Å². The summed E-state index contributed by atoms with van der Waals surface area (Å²) in [6, 6.07) is 12.5. The minimum absolute atomic E-state index is 0.0128. The number of nitrogens with zero attached hydrogens (tertiary/aromatic N) is 2. The summed E-state index contributed by atoms with van der Waals surface area (Å²) < 4.78 is 12.2. The molecule has 2 unspecified atom stereocenters. The van der Waals surface area contributed by atoms with Crippen molar-refractivity contribution in [2.24, 2.45) is 10.9 Å². The number of piperazine rings is 1. The van der Waals surface area contributed by atoms with Gasteiger partial charge in [-0.1, -0.05) is 66.1 Å². The Morgan fingerprint density at radius 3 is 2.76 bits per heavy atom. The summed E-state index contributed by atoms with van der Waals surface area (Å²) in [4.78, 5) is 7.67. The summed E-state index contributed by atoms with van der Waals surface area (Å²) in [5.74, 6) is 2.25. The number of methoxy groups -OCH3 is 1. The first-order valence-corrected chi connectivity index (χ1v) is 17.2. The number of amidine groups is 1. The summed E-state index contributed by atoms with van der Waals surface area (Å²) in [7, 11) is 1.79. The molecule has 2 saturated heterocycles. The molecular formula is C40H51N3O3. The van der Waals surface area contributed by atoms with Gasteiger partial charge in [-0.25, -0.2) is 0 Å². The summed E-state index contributed by atoms with van der Waals surface area (Å²) in [6.07, 6.45) is 14.1. The van der Waals surface area contributed by atoms with Crippen molar-refractivity contribution in [3.05, 3.63) is 94.9 Å². The predicted octanol–water partition coefficient (Wildman–Crippen LogP) is 8.46. The lowest BCUT2D eigenvalue weighted by atomic mass is 9.85. The smallest absolute Gasteiger partial charge is 0.207 e. The van der Waals surface area contributed by atoms with Gasteiger partial charge in [0, 0.05) is 32.2 Å². The fraction of sp³-hybridized carbons (Fsp3) is 0.475. The molecule has 2 aliphatic heterocycles. The number of phenolic OH excluding ortho intramolecular Hbond substituents is 1. The molecule has 6 nitrogen and oxygen atoms in total. The van der Waals surface area contributed by atoms with Crippen LogP contribution >= 0.6 is 0 Å². The Morgan fingerprint density at radius 2 is 1.93 bits per heavy atom. The van der Waals surface area contributed by atoms with E-state index in [2.05, 4.69) is 67.6 Å². The van der Waals surface area contributed by atoms with Crippen LogP contribution in [0.15, 0.2) is 94.4 Å². The zero-order chi connectivity index (χ0) is 32.2. The minimum Gasteiger partial charge on any atom is -0.508 e. The molecule has 0 radical (unpaired) electrons. The lowest BCUT2D eigenvalue weighted by molar-refractivity contribution is 0.0432. The van der Waals surface area contributed by atoms with E-state index in [1.54, 1.807) is 7.11 Å². The molecule has 6 heteroatoms. The van der Waals surface area contributed by atoms with Gasteiger partial charge in [-0.3, -0.25) is 0 Å². The Morgan fingerprint density at radius 1 is 1.11 bits per heavy atom. The average molecular weight is 622 g/mol. The lowest BCUT2D eigenvalue weighted by Crippen LogP contribution is -2.65. The first-order valence-electron chi connectivity index (χ1n) is 17.2. The van der Waals surface area contributed by atoms with Crippen LogP contribution in [-0.2, 0) is 9.47 Å². The van der Waals surface area contributed by atoms with Crippen molar-refractivity contribution >= 4 is 22.7 Å². The second kappa shape index (κ2) is 14.4. The Hall–Kier alpha value is -3.61. The third-order valence-corrected chi connectivity index (χ3v) is 10.5. The van der Waals surface area contributed by atoms with E-state index in [1.165, 1.54) is 58.9 Å². The van der Waals surface area contributed by atoms with Crippen LogP contribution < -0.4 is 5.32 Å². The number of fused-ring (bicyclic) bond motifs is 3. The molecule has 6 rings (SSSR count). The van der Waals surface area contributed by atoms with Crippen molar-refractivity contribution in [3.8, 4) is 5.75 Å². The molecule has 2 aromatic rings. The Bertz CT molecular complexity index is 1600. The maximum absolute atomic E-state index is 10.5. The molecule has 244 valence electrons. The van der Waals surface area contributed by atoms with E-state index in [9.17, 15) is 5.11 Å². The number of aromatic hydroxyl groups is 1. The molecule has 0 amide bonds. The Kier molecular flexibility index (Phi) is 10.1. The van der Waals surface area contributed by atoms with Crippen LogP contribution in [0.5, 0.6) is 5.75 Å². The maximum atomic E-state index is 10.5. The molecule has 1 saturated carbocycles. The second-order valence-electron chi connectivity index (χ2n) is 13.7. The van der Waals surface area contributed by atoms with Gasteiger partial charge in [0.15, 0.2) is 0 Å². The number of benzene rings is 2. The first-order chi connectivity index (χ1) is 22.3. The largest absolute Gasteiger partial charge is 0.508 e. The first kappa shape index (κ1) is 32.3. The summed E-state index contributed by atoms with van der Waals surface area (Å²) >= 11 is 0. The topological polar surface area (TPSA) is 66.3 Å². The monoisotopic (exact) mass is 621 g/mol. The van der Waals surface area contributed by atoms with Crippen molar-refractivity contribution in [1.82, 2.24) is 10.2 Å². The number of phenols is 1. The predicted molar refractivity (Wildman–Crippen MR) is 190 cm³/mol. The Balaban J connectivity index is 1.27. The standard InChI is InChI=1S/C40H51N3O3/c1-6-30-11-7-8-13-32(30)25-46-28(4)41-40(43-23-34-19-27(3)39(45-5)38(24-43)42-34)36-18-17-29(16-15-26(36)2)20-33-22-35(44)21-31-12-9-10-14-37(31)33/h6,9-10,12,14,20-22,32,34,38-39,42,44H,3-4,7-8,11,13,15-19,23-25H2,1-2,5H3/b29-20-,30-6-,41-40+/t32-,34?,38?,39+/m0/s1. The fourth-order valence-corrected chi connectivity index (χ4v) is 8.10. The van der Waals surface area contributed by atoms with Crippen LogP contribution in [0.4, 0.5) is 0 Å². The quantitative estimate of drug-likeness (QED) is 0.141. The van der Waals surface area contributed by atoms with Crippen molar-refractivity contribution in [2.75, 3.05) is 26.8 Å². The molecule has 4 atom stereocenters. The summed E-state index contributed by atoms with van der Waals surface area (Å²) in [5.41, 5.74) is 7.82. The van der Waals surface area contributed by atoms with Crippen molar-refractivity contribution < 1.29 is 14.6 Å². The average Bonchev–Trinajstić information content (AvgIpc) is 3.23. The van der Waals surface area contributed by atoms with Gasteiger partial charge in [0.05, 0.1) is 18.8 Å². The zero-order valence-corrected chi connectivity index (χ0v) is 28.0. The van der Waals surface area contributed by atoms with E-state index >= 15 is 0 Å². The molecular weight excluding hydrogens is 570 g/mol. The van der Waals surface area contributed by atoms with Crippen LogP contribution in [0, 0.1) is 5.92 Å². The number of aliphatic imine (C=N–C) groups is 1. The van der Waals surface area contributed by atoms with Crippen molar-refractivity contribution in [1.29, 1.82) is 0 Å². The normalized spacial score (nSPS) is 27.8. The number of ether oxygens (including phenoxy) is 2. The molecule has 2 aromatic carbocycles. The van der Waals surface area contributed by atoms with Gasteiger partial charge in [-0.15, -0.1) is 0 Å². The number of piperidine rings is 1. The van der Waals surface area contributed by atoms with E-state index in [0.717, 1.165) is 62.0 Å². The van der Waals surface area contributed by atoms with Crippen molar-refractivity contribution in [3.63, 3.8) is 0 Å². The summed E-state index contributed by atoms with van der Waals surface area (Å²) in [5, 5.41) is 16.5. The molecule has 0 spiro atoms. The fourth-order valence-electron chi connectivity index (χ4n) is 8.10. The minimum atomic E-state index is -0.0128. The number of rotatable bonds is 7. The van der Waals surface area contributed by atoms with Gasteiger partial charge in [-0.2, -0.15) is 4.99 Å². The molecule has 4 aliphatic rings. The van der Waals surface area contributed by atoms with Gasteiger partial charge < -0.3 is 24.8 Å². The van der Waals surface area contributed by atoms with Crippen molar-refractivity contribution in [2.45, 2.75) is 89.8 Å². The number of likely N-dealkylation sites (tertiary alicyclic amines) is 1. The van der Waals surface area contributed by atoms with Crippen LogP contribution in [0.1, 0.15) is 77.2 Å². The van der Waals surface area contributed by atoms with Crippen LogP contribution in [0.2, 0.25) is 0 Å². The number of hydrogen-bond donors (Lipinski definition) is 2. The second-order valence-corrected chi connectivity index (χ2v) is 13.7. The highest BCUT2D eigenvalue weighted by atomic mass is 16.5. The van der Waals surface area contributed by atoms with E-state index < -0.39 is 0 Å². The van der Waals surface area contributed by atoms with E-state index in [0.29, 0.717) is 30.2 Å². The Labute approximate surface area is 275 Å². The third-order valence-electron chi connectivity index (χ3n) is 10.5. The van der Waals surface area contributed by atoms with Crippen LogP contribution in [-0.4, -0.2) is 60.8 Å². The van der Waals surface area contributed by atoms with Gasteiger partial charge in [0.2, 0.25) is 5.88 Å². The molecule has 0 aromatic heterocycles. The van der Waals surface area contributed by atoms with Crippen LogP contribution in [0.25, 0.3) is 16.8 Å². The molecule has 2 bridgehead atoms. The van der Waals surface area contributed by atoms with Gasteiger partial charge >= 0.3 is 0 Å². The highest BCUT2D eigenvalue weighted by Crippen LogP contribution is 2.35. The number of nitrogens with one attached hydrogen (secondary N) is 1. The molecule has 2 N–H and O–H groups in total. The number of allylic oxidation sites excluding steroid dienone is 3. The highest BCUT2D eigenvalue weighted by Gasteiger charge is 2.40. The van der Waals surface area contributed by atoms with Gasteiger partial charge in [0.25, 0.3) is 0 Å². The van der Waals surface area contributed by atoms with Gasteiger partial charge in [-0.05, 0) is 111 Å². The molecule has 46 heavy (non-hydrogen) atoms. The molecule has 3 fully saturated rings. The van der Waals surface area contributed by atoms with Crippen LogP contribution in [0.3, 0.4) is 0 Å². The zero-order valence-electron chi connectivity index (χ0n) is 28.0. The molecule has 2 aliphatic carbocycles. The van der Waals surface area contributed by atoms with E-state index in [1.807, 2.05) is 18.2 Å².